The highest BCUT2D eigenvalue weighted by Crippen LogP contribution is 2.34. The summed E-state index contributed by atoms with van der Waals surface area (Å²) in [5.41, 5.74) is 2.23. The number of carbonyl (C=O) groups is 2. The highest BCUT2D eigenvalue weighted by Gasteiger charge is 2.28. The molecule has 1 aromatic heterocycles. The largest absolute Gasteiger partial charge is 0.482 e. The third kappa shape index (κ3) is 2.99. The Balaban J connectivity index is 1.54. The SMILES string of the molecule is Cc1ccc2c(c1)N(Cc1nc(C(=O)NC3CC3)cs1)C(=O)CO2. The second-order valence-corrected chi connectivity index (χ2v) is 7.06. The minimum absolute atomic E-state index is 0.0243. The molecule has 0 saturated heterocycles. The highest BCUT2D eigenvalue weighted by molar-refractivity contribution is 7.09. The van der Waals surface area contributed by atoms with Gasteiger partial charge in [0.05, 0.1) is 12.2 Å². The number of ether oxygens (including phenoxy) is 1. The molecule has 2 aliphatic rings. The molecule has 0 atom stereocenters. The molecule has 1 saturated carbocycles. The third-order valence-corrected chi connectivity index (χ3v) is 4.88. The highest BCUT2D eigenvalue weighted by atomic mass is 32.1. The van der Waals surface area contributed by atoms with Crippen LogP contribution >= 0.6 is 11.3 Å². The molecule has 24 heavy (non-hydrogen) atoms. The van der Waals surface area contributed by atoms with E-state index in [0.29, 0.717) is 24.0 Å². The van der Waals surface area contributed by atoms with Gasteiger partial charge >= 0.3 is 0 Å². The Morgan fingerprint density at radius 2 is 2.29 bits per heavy atom. The number of hydrogen-bond acceptors (Lipinski definition) is 5. The molecule has 1 fully saturated rings. The fraction of sp³-hybridized carbons (Fsp3) is 0.353. The van der Waals surface area contributed by atoms with Crippen LogP contribution in [0.3, 0.4) is 0 Å². The maximum absolute atomic E-state index is 12.3. The third-order valence-electron chi connectivity index (χ3n) is 4.05. The monoisotopic (exact) mass is 343 g/mol. The number of rotatable bonds is 4. The summed E-state index contributed by atoms with van der Waals surface area (Å²) in [7, 11) is 0. The van der Waals surface area contributed by atoms with E-state index >= 15 is 0 Å². The van der Waals surface area contributed by atoms with Crippen LogP contribution in [-0.2, 0) is 11.3 Å². The Kier molecular flexibility index (Phi) is 3.72. The predicted octanol–water partition coefficient (Wildman–Crippen LogP) is 2.27. The molecule has 2 heterocycles. The molecule has 0 radical (unpaired) electrons. The van der Waals surface area contributed by atoms with Crippen molar-refractivity contribution in [2.45, 2.75) is 32.4 Å². The normalized spacial score (nSPS) is 16.5. The zero-order valence-electron chi connectivity index (χ0n) is 13.2. The Bertz CT molecular complexity index is 813. The summed E-state index contributed by atoms with van der Waals surface area (Å²) >= 11 is 1.39. The number of benzene rings is 1. The number of anilines is 1. The van der Waals surface area contributed by atoms with Gasteiger partial charge < -0.3 is 10.1 Å². The van der Waals surface area contributed by atoms with Gasteiger partial charge in [-0.2, -0.15) is 0 Å². The maximum Gasteiger partial charge on any atom is 0.270 e. The fourth-order valence-corrected chi connectivity index (χ4v) is 3.36. The summed E-state index contributed by atoms with van der Waals surface area (Å²) in [6.45, 7) is 2.34. The van der Waals surface area contributed by atoms with Crippen LogP contribution in [0.2, 0.25) is 0 Å². The first-order chi connectivity index (χ1) is 11.6. The van der Waals surface area contributed by atoms with E-state index in [1.54, 1.807) is 10.3 Å². The summed E-state index contributed by atoms with van der Waals surface area (Å²) in [5, 5.41) is 5.40. The van der Waals surface area contributed by atoms with Gasteiger partial charge in [0.25, 0.3) is 11.8 Å². The first-order valence-electron chi connectivity index (χ1n) is 7.89. The summed E-state index contributed by atoms with van der Waals surface area (Å²) in [6, 6.07) is 6.07. The van der Waals surface area contributed by atoms with Gasteiger partial charge in [-0.3, -0.25) is 14.5 Å². The van der Waals surface area contributed by atoms with Crippen LogP contribution in [0.1, 0.15) is 33.9 Å². The van der Waals surface area contributed by atoms with Crippen molar-refractivity contribution in [3.63, 3.8) is 0 Å². The Hall–Kier alpha value is -2.41. The minimum atomic E-state index is -0.135. The minimum Gasteiger partial charge on any atom is -0.482 e. The molecular formula is C17H17N3O3S. The molecule has 2 aromatic rings. The van der Waals surface area contributed by atoms with Gasteiger partial charge in [-0.15, -0.1) is 11.3 Å². The fourth-order valence-electron chi connectivity index (χ4n) is 2.60. The average Bonchev–Trinajstić information content (AvgIpc) is 3.25. The van der Waals surface area contributed by atoms with Crippen LogP contribution in [0.4, 0.5) is 5.69 Å². The molecular weight excluding hydrogens is 326 g/mol. The van der Waals surface area contributed by atoms with E-state index in [9.17, 15) is 9.59 Å². The van der Waals surface area contributed by atoms with Crippen molar-refractivity contribution in [3.8, 4) is 5.75 Å². The summed E-state index contributed by atoms with van der Waals surface area (Å²) in [6.07, 6.45) is 2.09. The number of thiazole rings is 1. The molecule has 0 unspecified atom stereocenters. The van der Waals surface area contributed by atoms with E-state index in [-0.39, 0.29) is 18.4 Å². The van der Waals surface area contributed by atoms with E-state index in [2.05, 4.69) is 10.3 Å². The lowest BCUT2D eigenvalue weighted by Gasteiger charge is -2.29. The standard InChI is InChI=1S/C17H17N3O3S/c1-10-2-5-14-13(6-10)20(16(21)8-23-14)7-15-19-12(9-24-15)17(22)18-11-3-4-11/h2,5-6,9,11H,3-4,7-8H2,1H3,(H,18,22). The van der Waals surface area contributed by atoms with Crippen LogP contribution in [0.5, 0.6) is 5.75 Å². The van der Waals surface area contributed by atoms with E-state index in [4.69, 9.17) is 4.74 Å². The van der Waals surface area contributed by atoms with Crippen molar-refractivity contribution in [2.75, 3.05) is 11.5 Å². The van der Waals surface area contributed by atoms with Crippen LogP contribution in [-0.4, -0.2) is 29.4 Å². The van der Waals surface area contributed by atoms with Gasteiger partial charge in [0, 0.05) is 11.4 Å². The predicted molar refractivity (Wildman–Crippen MR) is 90.5 cm³/mol. The number of aryl methyl sites for hydroxylation is 1. The lowest BCUT2D eigenvalue weighted by atomic mass is 10.1. The van der Waals surface area contributed by atoms with E-state index in [0.717, 1.165) is 29.1 Å². The summed E-state index contributed by atoms with van der Waals surface area (Å²) < 4.78 is 5.48. The van der Waals surface area contributed by atoms with Gasteiger partial charge in [0.15, 0.2) is 6.61 Å². The van der Waals surface area contributed by atoms with Crippen molar-refractivity contribution >= 4 is 28.8 Å². The van der Waals surface area contributed by atoms with Gasteiger partial charge in [-0.1, -0.05) is 6.07 Å². The number of nitrogens with zero attached hydrogens (tertiary/aromatic N) is 2. The Labute approximate surface area is 143 Å². The van der Waals surface area contributed by atoms with E-state index < -0.39 is 0 Å². The maximum atomic E-state index is 12.3. The van der Waals surface area contributed by atoms with Crippen LogP contribution in [0.15, 0.2) is 23.6 Å². The van der Waals surface area contributed by atoms with Crippen molar-refractivity contribution in [2.24, 2.45) is 0 Å². The number of aromatic nitrogens is 1. The molecule has 1 aliphatic heterocycles. The molecule has 1 aliphatic carbocycles. The smallest absolute Gasteiger partial charge is 0.270 e. The lowest BCUT2D eigenvalue weighted by Crippen LogP contribution is -2.38. The topological polar surface area (TPSA) is 71.5 Å². The number of nitrogens with one attached hydrogen (secondary N) is 1. The zero-order valence-corrected chi connectivity index (χ0v) is 14.1. The number of amides is 2. The molecule has 0 bridgehead atoms. The number of hydrogen-bond donors (Lipinski definition) is 1. The Morgan fingerprint density at radius 1 is 1.46 bits per heavy atom. The molecule has 1 N–H and O–H groups in total. The molecule has 0 spiro atoms. The number of fused-ring (bicyclic) bond motifs is 1. The zero-order chi connectivity index (χ0) is 16.7. The van der Waals surface area contributed by atoms with Crippen molar-refractivity contribution in [1.82, 2.24) is 10.3 Å². The van der Waals surface area contributed by atoms with Crippen molar-refractivity contribution < 1.29 is 14.3 Å². The molecule has 2 amide bonds. The summed E-state index contributed by atoms with van der Waals surface area (Å²) in [4.78, 5) is 30.4. The van der Waals surface area contributed by atoms with Gasteiger partial charge in [0.1, 0.15) is 16.5 Å². The Morgan fingerprint density at radius 3 is 3.08 bits per heavy atom. The molecule has 6 nitrogen and oxygen atoms in total. The molecule has 1 aromatic carbocycles. The quantitative estimate of drug-likeness (QED) is 0.924. The second-order valence-electron chi connectivity index (χ2n) is 6.11. The van der Waals surface area contributed by atoms with Crippen molar-refractivity contribution in [1.29, 1.82) is 0 Å². The molecule has 7 heteroatoms. The molecule has 124 valence electrons. The van der Waals surface area contributed by atoms with Gasteiger partial charge in [0.2, 0.25) is 0 Å². The second kappa shape index (κ2) is 5.90. The molecule has 4 rings (SSSR count). The van der Waals surface area contributed by atoms with Crippen LogP contribution in [0.25, 0.3) is 0 Å². The van der Waals surface area contributed by atoms with Crippen LogP contribution < -0.4 is 15.0 Å². The van der Waals surface area contributed by atoms with E-state index in [1.165, 1.54) is 11.3 Å². The summed E-state index contributed by atoms with van der Waals surface area (Å²) in [5.74, 6) is 0.459. The average molecular weight is 343 g/mol. The van der Waals surface area contributed by atoms with E-state index in [1.807, 2.05) is 25.1 Å². The first kappa shape index (κ1) is 15.1. The first-order valence-corrected chi connectivity index (χ1v) is 8.77. The van der Waals surface area contributed by atoms with Gasteiger partial charge in [-0.05, 0) is 37.5 Å². The van der Waals surface area contributed by atoms with Crippen LogP contribution in [0, 0.1) is 6.92 Å². The van der Waals surface area contributed by atoms with Crippen molar-refractivity contribution in [3.05, 3.63) is 39.8 Å². The number of carbonyl (C=O) groups excluding carboxylic acids is 2. The lowest BCUT2D eigenvalue weighted by molar-refractivity contribution is -0.121. The van der Waals surface area contributed by atoms with Gasteiger partial charge in [-0.25, -0.2) is 4.98 Å².